The standard InChI is InChI=1S/C14H21NO2/c1-5-9(3)12(14(16)17)11-7-8(2)6-10(4)13(11)15/h6-7,9,12H,5,15H2,1-4H3,(H,16,17). The number of rotatable bonds is 4. The monoisotopic (exact) mass is 235 g/mol. The van der Waals surface area contributed by atoms with Crippen molar-refractivity contribution in [2.75, 3.05) is 5.73 Å². The fourth-order valence-electron chi connectivity index (χ4n) is 2.19. The number of aryl methyl sites for hydroxylation is 2. The molecule has 0 spiro atoms. The van der Waals surface area contributed by atoms with Gasteiger partial charge in [0.05, 0.1) is 5.92 Å². The lowest BCUT2D eigenvalue weighted by atomic mass is 9.83. The summed E-state index contributed by atoms with van der Waals surface area (Å²) in [4.78, 5) is 11.4. The summed E-state index contributed by atoms with van der Waals surface area (Å²) in [5.41, 5.74) is 9.40. The second-order valence-electron chi connectivity index (χ2n) is 4.79. The van der Waals surface area contributed by atoms with E-state index >= 15 is 0 Å². The largest absolute Gasteiger partial charge is 0.481 e. The van der Waals surface area contributed by atoms with Gasteiger partial charge >= 0.3 is 5.97 Å². The highest BCUT2D eigenvalue weighted by molar-refractivity contribution is 5.79. The Hall–Kier alpha value is -1.51. The number of aliphatic carboxylic acids is 1. The molecule has 3 N–H and O–H groups in total. The van der Waals surface area contributed by atoms with E-state index in [2.05, 4.69) is 0 Å². The summed E-state index contributed by atoms with van der Waals surface area (Å²) >= 11 is 0. The first-order valence-corrected chi connectivity index (χ1v) is 5.97. The number of benzene rings is 1. The lowest BCUT2D eigenvalue weighted by Gasteiger charge is -2.22. The van der Waals surface area contributed by atoms with Gasteiger partial charge in [-0.1, -0.05) is 38.0 Å². The fourth-order valence-corrected chi connectivity index (χ4v) is 2.19. The quantitative estimate of drug-likeness (QED) is 0.788. The molecule has 1 rings (SSSR count). The van der Waals surface area contributed by atoms with Crippen LogP contribution in [0.2, 0.25) is 0 Å². The van der Waals surface area contributed by atoms with Gasteiger partial charge in [0.2, 0.25) is 0 Å². The summed E-state index contributed by atoms with van der Waals surface area (Å²) in [5.74, 6) is -1.23. The van der Waals surface area contributed by atoms with E-state index < -0.39 is 11.9 Å². The third-order valence-electron chi connectivity index (χ3n) is 3.38. The van der Waals surface area contributed by atoms with Gasteiger partial charge in [-0.2, -0.15) is 0 Å². The van der Waals surface area contributed by atoms with Crippen molar-refractivity contribution in [3.05, 3.63) is 28.8 Å². The van der Waals surface area contributed by atoms with E-state index in [1.165, 1.54) is 0 Å². The molecule has 0 aliphatic carbocycles. The molecule has 94 valence electrons. The van der Waals surface area contributed by atoms with Crippen LogP contribution in [0.1, 0.15) is 42.9 Å². The minimum Gasteiger partial charge on any atom is -0.481 e. The molecule has 2 unspecified atom stereocenters. The van der Waals surface area contributed by atoms with Crippen LogP contribution in [0.5, 0.6) is 0 Å². The summed E-state index contributed by atoms with van der Waals surface area (Å²) in [5, 5.41) is 9.38. The Kier molecular flexibility index (Phi) is 4.16. The number of anilines is 1. The Labute approximate surface area is 103 Å². The van der Waals surface area contributed by atoms with Gasteiger partial charge in [0.1, 0.15) is 0 Å². The maximum atomic E-state index is 11.4. The number of carboxylic acid groups (broad SMARTS) is 1. The van der Waals surface area contributed by atoms with Gasteiger partial charge in [-0.3, -0.25) is 4.79 Å². The van der Waals surface area contributed by atoms with Crippen LogP contribution < -0.4 is 5.73 Å². The summed E-state index contributed by atoms with van der Waals surface area (Å²) in [6.07, 6.45) is 0.823. The van der Waals surface area contributed by atoms with Crippen molar-refractivity contribution in [1.82, 2.24) is 0 Å². The molecule has 0 heterocycles. The van der Waals surface area contributed by atoms with Crippen LogP contribution in [-0.2, 0) is 4.79 Å². The Morgan fingerprint density at radius 2 is 2.00 bits per heavy atom. The van der Waals surface area contributed by atoms with E-state index in [4.69, 9.17) is 5.73 Å². The molecule has 1 aromatic rings. The van der Waals surface area contributed by atoms with Gasteiger partial charge in [0.15, 0.2) is 0 Å². The minimum absolute atomic E-state index is 0.0796. The fraction of sp³-hybridized carbons (Fsp3) is 0.500. The maximum Gasteiger partial charge on any atom is 0.311 e. The van der Waals surface area contributed by atoms with Gasteiger partial charge in [-0.25, -0.2) is 0 Å². The van der Waals surface area contributed by atoms with E-state index in [0.29, 0.717) is 5.69 Å². The molecule has 0 aliphatic rings. The molecule has 0 bridgehead atoms. The van der Waals surface area contributed by atoms with Crippen LogP contribution >= 0.6 is 0 Å². The number of carboxylic acids is 1. The average Bonchev–Trinajstić information content (AvgIpc) is 2.24. The zero-order chi connectivity index (χ0) is 13.2. The zero-order valence-corrected chi connectivity index (χ0v) is 10.9. The maximum absolute atomic E-state index is 11.4. The van der Waals surface area contributed by atoms with Gasteiger partial charge in [-0.15, -0.1) is 0 Å². The van der Waals surface area contributed by atoms with E-state index in [-0.39, 0.29) is 5.92 Å². The lowest BCUT2D eigenvalue weighted by Crippen LogP contribution is -2.21. The number of nitrogen functional groups attached to an aromatic ring is 1. The van der Waals surface area contributed by atoms with Gasteiger partial charge in [0.25, 0.3) is 0 Å². The van der Waals surface area contributed by atoms with Gasteiger partial charge in [-0.05, 0) is 30.9 Å². The second-order valence-corrected chi connectivity index (χ2v) is 4.79. The van der Waals surface area contributed by atoms with Crippen molar-refractivity contribution in [3.63, 3.8) is 0 Å². The van der Waals surface area contributed by atoms with Gasteiger partial charge in [0, 0.05) is 5.69 Å². The normalized spacial score (nSPS) is 14.4. The van der Waals surface area contributed by atoms with Gasteiger partial charge < -0.3 is 10.8 Å². The SMILES string of the molecule is CCC(C)C(C(=O)O)c1cc(C)cc(C)c1N. The van der Waals surface area contributed by atoms with Crippen LogP contribution in [0.25, 0.3) is 0 Å². The highest BCUT2D eigenvalue weighted by atomic mass is 16.4. The third kappa shape index (κ3) is 2.78. The summed E-state index contributed by atoms with van der Waals surface area (Å²) < 4.78 is 0. The van der Waals surface area contributed by atoms with Crippen LogP contribution in [0, 0.1) is 19.8 Å². The van der Waals surface area contributed by atoms with Crippen molar-refractivity contribution in [1.29, 1.82) is 0 Å². The predicted octanol–water partition coefficient (Wildman–Crippen LogP) is 3.10. The highest BCUT2D eigenvalue weighted by Crippen LogP contribution is 2.33. The zero-order valence-electron chi connectivity index (χ0n) is 10.9. The molecule has 3 nitrogen and oxygen atoms in total. The molecule has 0 fully saturated rings. The van der Waals surface area contributed by atoms with Crippen LogP contribution in [0.4, 0.5) is 5.69 Å². The molecule has 0 saturated heterocycles. The molecule has 1 aromatic carbocycles. The molecule has 3 heteroatoms. The Balaban J connectivity index is 3.32. The summed E-state index contributed by atoms with van der Waals surface area (Å²) in [6, 6.07) is 3.88. The Morgan fingerprint density at radius 1 is 1.41 bits per heavy atom. The van der Waals surface area contributed by atoms with Crippen molar-refractivity contribution >= 4 is 11.7 Å². The van der Waals surface area contributed by atoms with Crippen LogP contribution in [-0.4, -0.2) is 11.1 Å². The molecule has 0 aromatic heterocycles. The molecule has 0 radical (unpaired) electrons. The van der Waals surface area contributed by atoms with E-state index in [9.17, 15) is 9.90 Å². The first-order valence-electron chi connectivity index (χ1n) is 5.97. The van der Waals surface area contributed by atoms with Crippen molar-refractivity contribution in [3.8, 4) is 0 Å². The second kappa shape index (κ2) is 5.21. The van der Waals surface area contributed by atoms with Crippen LogP contribution in [0.15, 0.2) is 12.1 Å². The molecule has 0 saturated carbocycles. The summed E-state index contributed by atoms with van der Waals surface area (Å²) in [7, 11) is 0. The molecular weight excluding hydrogens is 214 g/mol. The lowest BCUT2D eigenvalue weighted by molar-refractivity contribution is -0.140. The number of hydrogen-bond donors (Lipinski definition) is 2. The highest BCUT2D eigenvalue weighted by Gasteiger charge is 2.27. The van der Waals surface area contributed by atoms with Crippen LogP contribution in [0.3, 0.4) is 0 Å². The van der Waals surface area contributed by atoms with E-state index in [0.717, 1.165) is 23.1 Å². The molecule has 2 atom stereocenters. The molecule has 0 aliphatic heterocycles. The van der Waals surface area contributed by atoms with Crippen molar-refractivity contribution in [2.45, 2.75) is 40.0 Å². The number of hydrogen-bond acceptors (Lipinski definition) is 2. The smallest absolute Gasteiger partial charge is 0.311 e. The van der Waals surface area contributed by atoms with E-state index in [1.54, 1.807) is 0 Å². The summed E-state index contributed by atoms with van der Waals surface area (Å²) in [6.45, 7) is 7.84. The van der Waals surface area contributed by atoms with Crippen molar-refractivity contribution in [2.24, 2.45) is 5.92 Å². The van der Waals surface area contributed by atoms with Crippen molar-refractivity contribution < 1.29 is 9.90 Å². The Bertz CT molecular complexity index is 426. The third-order valence-corrected chi connectivity index (χ3v) is 3.38. The average molecular weight is 235 g/mol. The topological polar surface area (TPSA) is 63.3 Å². The predicted molar refractivity (Wildman–Crippen MR) is 70.2 cm³/mol. The number of nitrogens with two attached hydrogens (primary N) is 1. The molecular formula is C14H21NO2. The first kappa shape index (κ1) is 13.6. The Morgan fingerprint density at radius 3 is 2.47 bits per heavy atom. The number of carbonyl (C=O) groups is 1. The molecule has 0 amide bonds. The van der Waals surface area contributed by atoms with E-state index in [1.807, 2.05) is 39.8 Å². The first-order chi connectivity index (χ1) is 7.88. The minimum atomic E-state index is -0.795. The molecule has 17 heavy (non-hydrogen) atoms.